The molecule has 2 aromatic carbocycles. The van der Waals surface area contributed by atoms with Crippen LogP contribution in [0.1, 0.15) is 16.7 Å². The molecule has 20 heavy (non-hydrogen) atoms. The van der Waals surface area contributed by atoms with Gasteiger partial charge in [-0.1, -0.05) is 35.9 Å². The normalized spacial score (nSPS) is 10.3. The number of carboxylic acids is 1. The molecule has 0 aromatic heterocycles. The van der Waals surface area contributed by atoms with Crippen molar-refractivity contribution in [2.75, 3.05) is 5.32 Å². The van der Waals surface area contributed by atoms with Crippen molar-refractivity contribution in [3.05, 3.63) is 65.0 Å². The van der Waals surface area contributed by atoms with Crippen LogP contribution in [0.3, 0.4) is 0 Å². The smallest absolute Gasteiger partial charge is 0.307 e. The van der Waals surface area contributed by atoms with Gasteiger partial charge in [0.25, 0.3) is 0 Å². The van der Waals surface area contributed by atoms with Crippen LogP contribution < -0.4 is 5.32 Å². The second-order valence-corrected chi connectivity index (χ2v) is 4.72. The summed E-state index contributed by atoms with van der Waals surface area (Å²) in [5, 5.41) is 11.7. The Morgan fingerprint density at radius 1 is 1.15 bits per heavy atom. The molecule has 0 heterocycles. The Labute approximate surface area is 117 Å². The first-order chi connectivity index (χ1) is 9.54. The molecule has 2 rings (SSSR count). The molecular weight excluding hydrogens is 257 g/mol. The molecule has 2 N–H and O–H groups in total. The molecule has 0 spiro atoms. The van der Waals surface area contributed by atoms with Crippen molar-refractivity contribution in [3.8, 4) is 0 Å². The summed E-state index contributed by atoms with van der Waals surface area (Å²) < 4.78 is 13.8. The number of aryl methyl sites for hydroxylation is 1. The minimum absolute atomic E-state index is 0.171. The van der Waals surface area contributed by atoms with E-state index in [1.807, 2.05) is 31.2 Å². The predicted octanol–water partition coefficient (Wildman–Crippen LogP) is 3.37. The Morgan fingerprint density at radius 3 is 2.40 bits per heavy atom. The van der Waals surface area contributed by atoms with Crippen molar-refractivity contribution < 1.29 is 14.3 Å². The van der Waals surface area contributed by atoms with E-state index in [2.05, 4.69) is 5.32 Å². The largest absolute Gasteiger partial charge is 0.481 e. The molecule has 0 fully saturated rings. The standard InChI is InChI=1S/C16H16FNO2/c1-11-2-4-12(5-3-11)10-18-15-7-6-13(8-14(15)17)9-16(19)20/h2-8,18H,9-10H2,1H3,(H,19,20). The molecule has 0 saturated carbocycles. The van der Waals surface area contributed by atoms with Crippen LogP contribution in [0.15, 0.2) is 42.5 Å². The summed E-state index contributed by atoms with van der Waals surface area (Å²) in [7, 11) is 0. The number of nitrogens with one attached hydrogen (secondary N) is 1. The molecule has 0 aliphatic heterocycles. The first kappa shape index (κ1) is 14.1. The predicted molar refractivity (Wildman–Crippen MR) is 76.2 cm³/mol. The van der Waals surface area contributed by atoms with E-state index >= 15 is 0 Å². The van der Waals surface area contributed by atoms with Gasteiger partial charge in [-0.15, -0.1) is 0 Å². The van der Waals surface area contributed by atoms with Gasteiger partial charge in [0.2, 0.25) is 0 Å². The van der Waals surface area contributed by atoms with E-state index in [0.717, 1.165) is 5.56 Å². The molecule has 0 amide bonds. The monoisotopic (exact) mass is 273 g/mol. The van der Waals surface area contributed by atoms with Crippen LogP contribution in [0.25, 0.3) is 0 Å². The topological polar surface area (TPSA) is 49.3 Å². The van der Waals surface area contributed by atoms with Gasteiger partial charge in [-0.25, -0.2) is 4.39 Å². The Kier molecular flexibility index (Phi) is 4.35. The maximum absolute atomic E-state index is 13.8. The number of anilines is 1. The number of carboxylic acid groups (broad SMARTS) is 1. The molecule has 0 saturated heterocycles. The molecule has 104 valence electrons. The van der Waals surface area contributed by atoms with E-state index in [1.165, 1.54) is 11.6 Å². The number of carbonyl (C=O) groups is 1. The average molecular weight is 273 g/mol. The van der Waals surface area contributed by atoms with Crippen molar-refractivity contribution in [1.29, 1.82) is 0 Å². The van der Waals surface area contributed by atoms with E-state index in [0.29, 0.717) is 17.8 Å². The van der Waals surface area contributed by atoms with Crippen LogP contribution in [-0.4, -0.2) is 11.1 Å². The molecular formula is C16H16FNO2. The van der Waals surface area contributed by atoms with Crippen molar-refractivity contribution >= 4 is 11.7 Å². The zero-order valence-electron chi connectivity index (χ0n) is 11.2. The Bertz CT molecular complexity index is 608. The first-order valence-electron chi connectivity index (χ1n) is 6.34. The quantitative estimate of drug-likeness (QED) is 0.878. The molecule has 2 aromatic rings. The van der Waals surface area contributed by atoms with Crippen LogP contribution in [-0.2, 0) is 17.8 Å². The van der Waals surface area contributed by atoms with E-state index < -0.39 is 11.8 Å². The molecule has 0 unspecified atom stereocenters. The SMILES string of the molecule is Cc1ccc(CNc2ccc(CC(=O)O)cc2F)cc1. The van der Waals surface area contributed by atoms with E-state index in [1.54, 1.807) is 12.1 Å². The Hall–Kier alpha value is -2.36. The number of rotatable bonds is 5. The highest BCUT2D eigenvalue weighted by Gasteiger charge is 2.06. The lowest BCUT2D eigenvalue weighted by Gasteiger charge is -2.09. The van der Waals surface area contributed by atoms with Crippen LogP contribution in [0.5, 0.6) is 0 Å². The highest BCUT2D eigenvalue weighted by atomic mass is 19.1. The summed E-state index contributed by atoms with van der Waals surface area (Å²) in [6, 6.07) is 12.4. The second kappa shape index (κ2) is 6.19. The molecule has 3 nitrogen and oxygen atoms in total. The minimum Gasteiger partial charge on any atom is -0.481 e. The summed E-state index contributed by atoms with van der Waals surface area (Å²) in [6.07, 6.45) is -0.171. The number of hydrogen-bond donors (Lipinski definition) is 2. The maximum Gasteiger partial charge on any atom is 0.307 e. The van der Waals surface area contributed by atoms with Gasteiger partial charge in [0.1, 0.15) is 5.82 Å². The van der Waals surface area contributed by atoms with Crippen LogP contribution in [0.2, 0.25) is 0 Å². The molecule has 0 bridgehead atoms. The number of aliphatic carboxylic acids is 1. The minimum atomic E-state index is -0.968. The third-order valence-electron chi connectivity index (χ3n) is 2.99. The molecule has 4 heteroatoms. The van der Waals surface area contributed by atoms with Gasteiger partial charge in [-0.05, 0) is 30.2 Å². The molecule has 0 radical (unpaired) electrons. The van der Waals surface area contributed by atoms with Gasteiger partial charge >= 0.3 is 5.97 Å². The van der Waals surface area contributed by atoms with Crippen molar-refractivity contribution in [2.45, 2.75) is 19.9 Å². The average Bonchev–Trinajstić information content (AvgIpc) is 2.39. The highest BCUT2D eigenvalue weighted by molar-refractivity contribution is 5.70. The van der Waals surface area contributed by atoms with E-state index in [4.69, 9.17) is 5.11 Å². The first-order valence-corrected chi connectivity index (χ1v) is 6.34. The number of halogens is 1. The fraction of sp³-hybridized carbons (Fsp3) is 0.188. The van der Waals surface area contributed by atoms with Gasteiger partial charge < -0.3 is 10.4 Å². The summed E-state index contributed by atoms with van der Waals surface area (Å²) in [4.78, 5) is 10.6. The van der Waals surface area contributed by atoms with Gasteiger partial charge in [-0.3, -0.25) is 4.79 Å². The fourth-order valence-corrected chi connectivity index (χ4v) is 1.89. The summed E-state index contributed by atoms with van der Waals surface area (Å²) >= 11 is 0. The third-order valence-corrected chi connectivity index (χ3v) is 2.99. The lowest BCUT2D eigenvalue weighted by atomic mass is 10.1. The lowest BCUT2D eigenvalue weighted by Crippen LogP contribution is -2.04. The van der Waals surface area contributed by atoms with Crippen LogP contribution in [0.4, 0.5) is 10.1 Å². The van der Waals surface area contributed by atoms with Crippen LogP contribution in [0, 0.1) is 12.7 Å². The van der Waals surface area contributed by atoms with Crippen molar-refractivity contribution in [2.24, 2.45) is 0 Å². The maximum atomic E-state index is 13.8. The lowest BCUT2D eigenvalue weighted by molar-refractivity contribution is -0.136. The van der Waals surface area contributed by atoms with Gasteiger partial charge in [0.15, 0.2) is 0 Å². The van der Waals surface area contributed by atoms with Crippen molar-refractivity contribution in [3.63, 3.8) is 0 Å². The summed E-state index contributed by atoms with van der Waals surface area (Å²) in [5.41, 5.74) is 3.07. The Morgan fingerprint density at radius 2 is 1.80 bits per heavy atom. The molecule has 0 atom stereocenters. The van der Waals surface area contributed by atoms with E-state index in [9.17, 15) is 9.18 Å². The van der Waals surface area contributed by atoms with Gasteiger partial charge in [-0.2, -0.15) is 0 Å². The Balaban J connectivity index is 2.02. The van der Waals surface area contributed by atoms with Gasteiger partial charge in [0.05, 0.1) is 12.1 Å². The van der Waals surface area contributed by atoms with Gasteiger partial charge in [0, 0.05) is 6.54 Å². The third kappa shape index (κ3) is 3.82. The summed E-state index contributed by atoms with van der Waals surface area (Å²) in [5.74, 6) is -1.40. The highest BCUT2D eigenvalue weighted by Crippen LogP contribution is 2.17. The van der Waals surface area contributed by atoms with Crippen LogP contribution >= 0.6 is 0 Å². The van der Waals surface area contributed by atoms with Crippen molar-refractivity contribution in [1.82, 2.24) is 0 Å². The molecule has 0 aliphatic rings. The number of benzene rings is 2. The second-order valence-electron chi connectivity index (χ2n) is 4.72. The van der Waals surface area contributed by atoms with E-state index in [-0.39, 0.29) is 6.42 Å². The zero-order chi connectivity index (χ0) is 14.5. The fourth-order valence-electron chi connectivity index (χ4n) is 1.89. The zero-order valence-corrected chi connectivity index (χ0v) is 11.2. The molecule has 0 aliphatic carbocycles. The summed E-state index contributed by atoms with van der Waals surface area (Å²) in [6.45, 7) is 2.54. The number of hydrogen-bond acceptors (Lipinski definition) is 2.